The lowest BCUT2D eigenvalue weighted by Gasteiger charge is -2.33. The van der Waals surface area contributed by atoms with Gasteiger partial charge >= 0.3 is 0 Å². The molecule has 0 radical (unpaired) electrons. The summed E-state index contributed by atoms with van der Waals surface area (Å²) in [6, 6.07) is 8.00. The zero-order valence-electron chi connectivity index (χ0n) is 13.1. The molecule has 23 heavy (non-hydrogen) atoms. The lowest BCUT2D eigenvalue weighted by Crippen LogP contribution is -2.39. The minimum Gasteiger partial charge on any atom is -0.342 e. The summed E-state index contributed by atoms with van der Waals surface area (Å²) in [6.45, 7) is 2.41. The molecule has 1 atom stereocenters. The molecule has 6 heteroatoms. The van der Waals surface area contributed by atoms with E-state index >= 15 is 0 Å². The highest BCUT2D eigenvalue weighted by molar-refractivity contribution is 6.30. The third-order valence-electron chi connectivity index (χ3n) is 4.36. The van der Waals surface area contributed by atoms with Crippen LogP contribution in [0.1, 0.15) is 37.2 Å². The zero-order valence-corrected chi connectivity index (χ0v) is 13.8. The molecule has 2 aromatic rings. The fourth-order valence-corrected chi connectivity index (χ4v) is 3.24. The molecule has 0 unspecified atom stereocenters. The van der Waals surface area contributed by atoms with Gasteiger partial charge in [0.15, 0.2) is 0 Å². The smallest absolute Gasteiger partial charge is 0.222 e. The third-order valence-corrected chi connectivity index (χ3v) is 4.61. The number of hydrogen-bond acceptors (Lipinski definition) is 3. The van der Waals surface area contributed by atoms with Crippen LogP contribution in [0.2, 0.25) is 5.02 Å². The van der Waals surface area contributed by atoms with Gasteiger partial charge in [-0.3, -0.25) is 9.48 Å². The summed E-state index contributed by atoms with van der Waals surface area (Å²) in [4.78, 5) is 18.3. The first-order valence-corrected chi connectivity index (χ1v) is 8.46. The van der Waals surface area contributed by atoms with Crippen LogP contribution < -0.4 is 0 Å². The summed E-state index contributed by atoms with van der Waals surface area (Å²) >= 11 is 5.95. The molecule has 0 aliphatic carbocycles. The number of carbonyl (C=O) groups is 1. The van der Waals surface area contributed by atoms with E-state index in [0.717, 1.165) is 43.9 Å². The van der Waals surface area contributed by atoms with Gasteiger partial charge < -0.3 is 4.90 Å². The van der Waals surface area contributed by atoms with E-state index in [0.29, 0.717) is 12.3 Å². The van der Waals surface area contributed by atoms with Crippen molar-refractivity contribution in [3.05, 3.63) is 47.5 Å². The number of aromatic nitrogens is 3. The number of aryl methyl sites for hydroxylation is 1. The Hall–Kier alpha value is -1.88. The molecule has 1 fully saturated rings. The molecule has 3 rings (SSSR count). The molecule has 0 bridgehead atoms. The van der Waals surface area contributed by atoms with Crippen molar-refractivity contribution in [2.45, 2.75) is 38.1 Å². The van der Waals surface area contributed by atoms with E-state index in [1.54, 1.807) is 11.0 Å². The standard InChI is InChI=1S/C17H21ClN4O/c18-16-7-5-14(6-8-16)15-3-1-9-21(11-15)17(23)4-2-10-22-13-19-12-20-22/h5-8,12-13,15H,1-4,9-11H2/t15-/m0/s1. The second-order valence-electron chi connectivity index (χ2n) is 5.99. The maximum atomic E-state index is 12.4. The molecular weight excluding hydrogens is 312 g/mol. The number of piperidine rings is 1. The van der Waals surface area contributed by atoms with Crippen LogP contribution in [0.3, 0.4) is 0 Å². The number of carbonyl (C=O) groups excluding carboxylic acids is 1. The topological polar surface area (TPSA) is 51.0 Å². The second-order valence-corrected chi connectivity index (χ2v) is 6.43. The fraction of sp³-hybridized carbons (Fsp3) is 0.471. The molecule has 1 aromatic carbocycles. The largest absolute Gasteiger partial charge is 0.342 e. The Kier molecular flexibility index (Phi) is 5.28. The highest BCUT2D eigenvalue weighted by atomic mass is 35.5. The number of likely N-dealkylation sites (tertiary alicyclic amines) is 1. The lowest BCUT2D eigenvalue weighted by atomic mass is 9.90. The normalized spacial score (nSPS) is 18.1. The average Bonchev–Trinajstić information content (AvgIpc) is 3.09. The van der Waals surface area contributed by atoms with Gasteiger partial charge in [0, 0.05) is 37.0 Å². The first kappa shape index (κ1) is 16.0. The minimum atomic E-state index is 0.240. The summed E-state index contributed by atoms with van der Waals surface area (Å²) in [5, 5.41) is 4.81. The lowest BCUT2D eigenvalue weighted by molar-refractivity contribution is -0.132. The van der Waals surface area contributed by atoms with Gasteiger partial charge in [-0.05, 0) is 37.0 Å². The van der Waals surface area contributed by atoms with Gasteiger partial charge in [0.2, 0.25) is 5.91 Å². The van der Waals surface area contributed by atoms with Crippen molar-refractivity contribution in [2.75, 3.05) is 13.1 Å². The summed E-state index contributed by atoms with van der Waals surface area (Å²) in [5.41, 5.74) is 1.27. The van der Waals surface area contributed by atoms with Crippen molar-refractivity contribution in [1.29, 1.82) is 0 Å². The Balaban J connectivity index is 1.51. The van der Waals surface area contributed by atoms with E-state index in [-0.39, 0.29) is 5.91 Å². The molecule has 1 aliphatic rings. The average molecular weight is 333 g/mol. The molecule has 0 N–H and O–H groups in total. The van der Waals surface area contributed by atoms with E-state index in [1.807, 2.05) is 17.0 Å². The monoisotopic (exact) mass is 332 g/mol. The number of benzene rings is 1. The zero-order chi connectivity index (χ0) is 16.1. The van der Waals surface area contributed by atoms with Gasteiger partial charge in [0.25, 0.3) is 0 Å². The Morgan fingerprint density at radius 3 is 2.87 bits per heavy atom. The Bertz CT molecular complexity index is 627. The highest BCUT2D eigenvalue weighted by Crippen LogP contribution is 2.28. The summed E-state index contributed by atoms with van der Waals surface area (Å²) in [5.74, 6) is 0.657. The maximum absolute atomic E-state index is 12.4. The molecule has 1 saturated heterocycles. The van der Waals surface area contributed by atoms with Crippen LogP contribution in [0.25, 0.3) is 0 Å². The van der Waals surface area contributed by atoms with E-state index in [9.17, 15) is 4.79 Å². The molecule has 2 heterocycles. The molecule has 1 aliphatic heterocycles. The number of hydrogen-bond donors (Lipinski definition) is 0. The fourth-order valence-electron chi connectivity index (χ4n) is 3.11. The highest BCUT2D eigenvalue weighted by Gasteiger charge is 2.24. The van der Waals surface area contributed by atoms with E-state index in [2.05, 4.69) is 22.2 Å². The summed E-state index contributed by atoms with van der Waals surface area (Å²) in [7, 11) is 0. The van der Waals surface area contributed by atoms with E-state index in [1.165, 1.54) is 11.9 Å². The van der Waals surface area contributed by atoms with Crippen molar-refractivity contribution in [1.82, 2.24) is 19.7 Å². The molecule has 122 valence electrons. The molecule has 1 aromatic heterocycles. The van der Waals surface area contributed by atoms with Crippen LogP contribution in [0.4, 0.5) is 0 Å². The van der Waals surface area contributed by atoms with E-state index in [4.69, 9.17) is 11.6 Å². The molecule has 1 amide bonds. The number of halogens is 1. The molecule has 0 spiro atoms. The van der Waals surface area contributed by atoms with Gasteiger partial charge in [-0.25, -0.2) is 4.98 Å². The maximum Gasteiger partial charge on any atom is 0.222 e. The van der Waals surface area contributed by atoms with Crippen molar-refractivity contribution >= 4 is 17.5 Å². The van der Waals surface area contributed by atoms with Crippen LogP contribution in [-0.2, 0) is 11.3 Å². The Morgan fingerprint density at radius 2 is 2.13 bits per heavy atom. The summed E-state index contributed by atoms with van der Waals surface area (Å²) < 4.78 is 1.76. The van der Waals surface area contributed by atoms with Crippen LogP contribution in [-0.4, -0.2) is 38.7 Å². The predicted octanol–water partition coefficient (Wildman–Crippen LogP) is 3.12. The Morgan fingerprint density at radius 1 is 1.30 bits per heavy atom. The predicted molar refractivity (Wildman–Crippen MR) is 89.3 cm³/mol. The molecule has 0 saturated carbocycles. The van der Waals surface area contributed by atoms with Crippen molar-refractivity contribution in [3.63, 3.8) is 0 Å². The Labute approximate surface area is 141 Å². The van der Waals surface area contributed by atoms with Crippen LogP contribution in [0.15, 0.2) is 36.9 Å². The van der Waals surface area contributed by atoms with Crippen molar-refractivity contribution < 1.29 is 4.79 Å². The molecule has 5 nitrogen and oxygen atoms in total. The van der Waals surface area contributed by atoms with Gasteiger partial charge in [-0.15, -0.1) is 0 Å². The van der Waals surface area contributed by atoms with Crippen LogP contribution in [0.5, 0.6) is 0 Å². The third kappa shape index (κ3) is 4.32. The SMILES string of the molecule is O=C(CCCn1cncn1)N1CCC[C@H](c2ccc(Cl)cc2)C1. The first-order valence-electron chi connectivity index (χ1n) is 8.08. The van der Waals surface area contributed by atoms with Gasteiger partial charge in [0.05, 0.1) is 0 Å². The quantitative estimate of drug-likeness (QED) is 0.845. The number of amides is 1. The van der Waals surface area contributed by atoms with Gasteiger partial charge in [-0.1, -0.05) is 23.7 Å². The van der Waals surface area contributed by atoms with Crippen molar-refractivity contribution in [2.24, 2.45) is 0 Å². The minimum absolute atomic E-state index is 0.240. The van der Waals surface area contributed by atoms with E-state index < -0.39 is 0 Å². The van der Waals surface area contributed by atoms with Crippen LogP contribution >= 0.6 is 11.6 Å². The van der Waals surface area contributed by atoms with Crippen molar-refractivity contribution in [3.8, 4) is 0 Å². The van der Waals surface area contributed by atoms with Gasteiger partial charge in [-0.2, -0.15) is 5.10 Å². The van der Waals surface area contributed by atoms with Crippen LogP contribution in [0, 0.1) is 0 Å². The van der Waals surface area contributed by atoms with Gasteiger partial charge in [0.1, 0.15) is 12.7 Å². The molecular formula is C17H21ClN4O. The second kappa shape index (κ2) is 7.59. The summed E-state index contributed by atoms with van der Waals surface area (Å²) in [6.07, 6.45) is 6.75. The number of rotatable bonds is 5. The first-order chi connectivity index (χ1) is 11.2. The number of nitrogens with zero attached hydrogens (tertiary/aromatic N) is 4.